The van der Waals surface area contributed by atoms with Crippen molar-refractivity contribution in [1.29, 1.82) is 0 Å². The van der Waals surface area contributed by atoms with E-state index in [4.69, 9.17) is 10.6 Å². The van der Waals surface area contributed by atoms with Crippen molar-refractivity contribution in [2.24, 2.45) is 12.9 Å². The number of nitrogens with zero attached hydrogens (tertiary/aromatic N) is 2. The van der Waals surface area contributed by atoms with E-state index in [1.807, 2.05) is 6.92 Å². The van der Waals surface area contributed by atoms with Gasteiger partial charge in [0.25, 0.3) is 5.91 Å². The van der Waals surface area contributed by atoms with E-state index in [9.17, 15) is 4.79 Å². The summed E-state index contributed by atoms with van der Waals surface area (Å²) in [6.07, 6.45) is 1.47. The standard InChI is InChI=1S/C8H14N4O2/c1-3-14-5-7-6(8(13)11-9)4-10-12(7)2/h4H,3,5,9H2,1-2H3,(H,11,13). The molecule has 1 heterocycles. The van der Waals surface area contributed by atoms with Gasteiger partial charge in [0.15, 0.2) is 0 Å². The maximum absolute atomic E-state index is 11.3. The van der Waals surface area contributed by atoms with Gasteiger partial charge in [-0.05, 0) is 6.92 Å². The molecule has 1 amide bonds. The first-order valence-electron chi connectivity index (χ1n) is 4.30. The molecule has 3 N–H and O–H groups in total. The molecule has 0 aromatic carbocycles. The Hall–Kier alpha value is -1.40. The minimum atomic E-state index is -0.354. The lowest BCUT2D eigenvalue weighted by molar-refractivity contribution is 0.0941. The fourth-order valence-electron chi connectivity index (χ4n) is 1.10. The van der Waals surface area contributed by atoms with Crippen LogP contribution in [-0.4, -0.2) is 22.3 Å². The molecular formula is C8H14N4O2. The maximum Gasteiger partial charge on any atom is 0.268 e. The average Bonchev–Trinajstić information content (AvgIpc) is 2.56. The zero-order valence-electron chi connectivity index (χ0n) is 8.28. The molecule has 1 aromatic heterocycles. The highest BCUT2D eigenvalue weighted by Gasteiger charge is 2.14. The second-order valence-corrected chi connectivity index (χ2v) is 2.74. The molecule has 0 bridgehead atoms. The number of carbonyl (C=O) groups is 1. The number of nitrogens with one attached hydrogen (secondary N) is 1. The second-order valence-electron chi connectivity index (χ2n) is 2.74. The Morgan fingerprint density at radius 1 is 1.79 bits per heavy atom. The van der Waals surface area contributed by atoms with Gasteiger partial charge >= 0.3 is 0 Å². The number of ether oxygens (including phenoxy) is 1. The van der Waals surface area contributed by atoms with Crippen LogP contribution in [-0.2, 0) is 18.4 Å². The molecule has 0 aliphatic carbocycles. The minimum Gasteiger partial charge on any atom is -0.375 e. The first-order chi connectivity index (χ1) is 6.70. The summed E-state index contributed by atoms with van der Waals surface area (Å²) in [5.41, 5.74) is 3.23. The summed E-state index contributed by atoms with van der Waals surface area (Å²) in [5, 5.41) is 3.96. The Morgan fingerprint density at radius 2 is 2.50 bits per heavy atom. The number of nitrogen functional groups attached to an aromatic ring is 1. The highest BCUT2D eigenvalue weighted by molar-refractivity contribution is 5.94. The number of hydrogen-bond acceptors (Lipinski definition) is 4. The van der Waals surface area contributed by atoms with Gasteiger partial charge in [-0.3, -0.25) is 14.9 Å². The lowest BCUT2D eigenvalue weighted by Crippen LogP contribution is -2.30. The van der Waals surface area contributed by atoms with Crippen molar-refractivity contribution >= 4 is 5.91 Å². The lowest BCUT2D eigenvalue weighted by Gasteiger charge is -2.04. The van der Waals surface area contributed by atoms with Crippen molar-refractivity contribution in [3.05, 3.63) is 17.5 Å². The van der Waals surface area contributed by atoms with Gasteiger partial charge in [0.1, 0.15) is 0 Å². The summed E-state index contributed by atoms with van der Waals surface area (Å²) in [5.74, 6) is 4.68. The van der Waals surface area contributed by atoms with Crippen LogP contribution < -0.4 is 11.3 Å². The van der Waals surface area contributed by atoms with Crippen LogP contribution in [0.5, 0.6) is 0 Å². The summed E-state index contributed by atoms with van der Waals surface area (Å²) in [6, 6.07) is 0. The van der Waals surface area contributed by atoms with Gasteiger partial charge in [0.2, 0.25) is 0 Å². The predicted molar refractivity (Wildman–Crippen MR) is 50.2 cm³/mol. The third-order valence-corrected chi connectivity index (χ3v) is 1.88. The smallest absolute Gasteiger partial charge is 0.268 e. The number of hydrogen-bond donors (Lipinski definition) is 2. The third-order valence-electron chi connectivity index (χ3n) is 1.88. The molecule has 0 atom stereocenters. The number of rotatable bonds is 4. The molecule has 0 saturated heterocycles. The molecule has 0 aliphatic rings. The Balaban J connectivity index is 2.88. The van der Waals surface area contributed by atoms with Crippen LogP contribution in [0.15, 0.2) is 6.20 Å². The van der Waals surface area contributed by atoms with E-state index in [0.717, 1.165) is 5.69 Å². The van der Waals surface area contributed by atoms with E-state index in [0.29, 0.717) is 18.8 Å². The monoisotopic (exact) mass is 198 g/mol. The van der Waals surface area contributed by atoms with E-state index >= 15 is 0 Å². The van der Waals surface area contributed by atoms with Gasteiger partial charge in [-0.1, -0.05) is 0 Å². The summed E-state index contributed by atoms with van der Waals surface area (Å²) < 4.78 is 6.81. The fourth-order valence-corrected chi connectivity index (χ4v) is 1.10. The van der Waals surface area contributed by atoms with Crippen molar-refractivity contribution in [2.45, 2.75) is 13.5 Å². The molecule has 1 rings (SSSR count). The summed E-state index contributed by atoms with van der Waals surface area (Å²) in [4.78, 5) is 11.3. The molecule has 0 fully saturated rings. The number of nitrogens with two attached hydrogens (primary N) is 1. The summed E-state index contributed by atoms with van der Waals surface area (Å²) in [7, 11) is 1.75. The third kappa shape index (κ3) is 2.09. The largest absolute Gasteiger partial charge is 0.375 e. The molecule has 6 heteroatoms. The Bertz CT molecular complexity index is 321. The van der Waals surface area contributed by atoms with Crippen LogP contribution in [0.1, 0.15) is 23.0 Å². The maximum atomic E-state index is 11.3. The first kappa shape index (κ1) is 10.7. The molecule has 0 aliphatic heterocycles. The molecular weight excluding hydrogens is 184 g/mol. The average molecular weight is 198 g/mol. The Kier molecular flexibility index (Phi) is 3.61. The second kappa shape index (κ2) is 4.73. The fraction of sp³-hybridized carbons (Fsp3) is 0.500. The van der Waals surface area contributed by atoms with Crippen molar-refractivity contribution in [3.63, 3.8) is 0 Å². The molecule has 0 spiro atoms. The van der Waals surface area contributed by atoms with E-state index in [2.05, 4.69) is 10.5 Å². The van der Waals surface area contributed by atoms with Gasteiger partial charge in [-0.15, -0.1) is 0 Å². The topological polar surface area (TPSA) is 82.2 Å². The van der Waals surface area contributed by atoms with Crippen molar-refractivity contribution in [3.8, 4) is 0 Å². The number of aryl methyl sites for hydroxylation is 1. The zero-order valence-corrected chi connectivity index (χ0v) is 8.28. The van der Waals surface area contributed by atoms with Gasteiger partial charge < -0.3 is 4.74 Å². The Labute approximate surface area is 82.0 Å². The van der Waals surface area contributed by atoms with Crippen molar-refractivity contribution < 1.29 is 9.53 Å². The Morgan fingerprint density at radius 3 is 3.07 bits per heavy atom. The molecule has 1 aromatic rings. The van der Waals surface area contributed by atoms with Gasteiger partial charge in [0.05, 0.1) is 24.1 Å². The van der Waals surface area contributed by atoms with Crippen LogP contribution in [0.25, 0.3) is 0 Å². The SMILES string of the molecule is CCOCc1c(C(=O)NN)cnn1C. The highest BCUT2D eigenvalue weighted by Crippen LogP contribution is 2.08. The lowest BCUT2D eigenvalue weighted by atomic mass is 10.2. The summed E-state index contributed by atoms with van der Waals surface area (Å²) >= 11 is 0. The predicted octanol–water partition coefficient (Wildman–Crippen LogP) is -0.440. The van der Waals surface area contributed by atoms with E-state index in [1.165, 1.54) is 6.20 Å². The number of aromatic nitrogens is 2. The number of hydrazine groups is 1. The molecule has 14 heavy (non-hydrogen) atoms. The van der Waals surface area contributed by atoms with Gasteiger partial charge in [-0.25, -0.2) is 5.84 Å². The summed E-state index contributed by atoms with van der Waals surface area (Å²) in [6.45, 7) is 2.84. The molecule has 0 radical (unpaired) electrons. The molecule has 6 nitrogen and oxygen atoms in total. The van der Waals surface area contributed by atoms with E-state index in [1.54, 1.807) is 11.7 Å². The minimum absolute atomic E-state index is 0.354. The number of amides is 1. The zero-order chi connectivity index (χ0) is 10.6. The van der Waals surface area contributed by atoms with Gasteiger partial charge in [-0.2, -0.15) is 5.10 Å². The van der Waals surface area contributed by atoms with Crippen molar-refractivity contribution in [1.82, 2.24) is 15.2 Å². The molecule has 78 valence electrons. The van der Waals surface area contributed by atoms with Crippen LogP contribution in [0, 0.1) is 0 Å². The van der Waals surface area contributed by atoms with E-state index < -0.39 is 0 Å². The highest BCUT2D eigenvalue weighted by atomic mass is 16.5. The quantitative estimate of drug-likeness (QED) is 0.390. The van der Waals surface area contributed by atoms with Crippen LogP contribution in [0.2, 0.25) is 0 Å². The van der Waals surface area contributed by atoms with Gasteiger partial charge in [0, 0.05) is 13.7 Å². The number of carbonyl (C=O) groups excluding carboxylic acids is 1. The van der Waals surface area contributed by atoms with Crippen LogP contribution >= 0.6 is 0 Å². The van der Waals surface area contributed by atoms with Crippen molar-refractivity contribution in [2.75, 3.05) is 6.61 Å². The van der Waals surface area contributed by atoms with Crippen LogP contribution in [0.3, 0.4) is 0 Å². The van der Waals surface area contributed by atoms with E-state index in [-0.39, 0.29) is 5.91 Å². The normalized spacial score (nSPS) is 10.2. The van der Waals surface area contributed by atoms with Crippen LogP contribution in [0.4, 0.5) is 0 Å². The first-order valence-corrected chi connectivity index (χ1v) is 4.30. The molecule has 0 unspecified atom stereocenters. The molecule has 0 saturated carbocycles.